The zero-order valence-electron chi connectivity index (χ0n) is 53.3. The maximum Gasteiger partial charge on any atom is 0.270 e. The van der Waals surface area contributed by atoms with Gasteiger partial charge in [0.15, 0.2) is 42.7 Å². The summed E-state index contributed by atoms with van der Waals surface area (Å²) in [6.07, 6.45) is 12.1. The van der Waals surface area contributed by atoms with Crippen molar-refractivity contribution in [2.45, 2.75) is 34.8 Å². The first-order valence-corrected chi connectivity index (χ1v) is 32.5. The molecule has 8 rings (SSSR count). The van der Waals surface area contributed by atoms with Crippen LogP contribution in [0.25, 0.3) is 24.3 Å². The van der Waals surface area contributed by atoms with E-state index in [1.165, 1.54) is 99.2 Å². The SMILES string of the molecule is CCOc1ccc(C=CC(c2ccc(OC)cc2)S(=O)(=O)C(C=Cc2ccc(OCC)c(OC)c2)c2ccc(OC)cc2)cc1OC.COc1ccc([N+](=O)[O-])cc1C(C=Cc1ccc([N+](=O)[O-])cc1)S(=O)(=O)C(C=Cc1ccc([N+](=O)[O-])cc1)c1cc([N+](=O)[O-])ccc1OC. The number of benzene rings is 8. The average Bonchev–Trinajstić information content (AvgIpc) is 0.770. The van der Waals surface area contributed by atoms with Gasteiger partial charge in [0.2, 0.25) is 0 Å². The van der Waals surface area contributed by atoms with E-state index in [0.717, 1.165) is 35.4 Å². The summed E-state index contributed by atoms with van der Waals surface area (Å²) in [5.74, 6) is 3.53. The monoisotopic (exact) mass is 1350 g/mol. The van der Waals surface area contributed by atoms with Crippen molar-refractivity contribution in [1.29, 1.82) is 0 Å². The van der Waals surface area contributed by atoms with Gasteiger partial charge in [-0.2, -0.15) is 0 Å². The quantitative estimate of drug-likeness (QED) is 0.0298. The largest absolute Gasteiger partial charge is 0.497 e. The van der Waals surface area contributed by atoms with E-state index in [9.17, 15) is 57.3 Å². The molecule has 26 heteroatoms. The first kappa shape index (κ1) is 72.1. The van der Waals surface area contributed by atoms with Crippen LogP contribution in [0.2, 0.25) is 0 Å². The number of nitrogens with zero attached hydrogens (tertiary/aromatic N) is 4. The van der Waals surface area contributed by atoms with Crippen molar-refractivity contribution in [2.24, 2.45) is 0 Å². The van der Waals surface area contributed by atoms with Gasteiger partial charge in [-0.25, -0.2) is 16.8 Å². The third kappa shape index (κ3) is 18.1. The second-order valence-corrected chi connectivity index (χ2v) is 25.0. The highest BCUT2D eigenvalue weighted by molar-refractivity contribution is 7.92. The second kappa shape index (κ2) is 33.5. The number of sulfone groups is 2. The lowest BCUT2D eigenvalue weighted by molar-refractivity contribution is -0.385. The number of hydrogen-bond donors (Lipinski definition) is 0. The van der Waals surface area contributed by atoms with E-state index in [1.807, 2.05) is 50.2 Å². The fourth-order valence-electron chi connectivity index (χ4n) is 9.95. The molecule has 0 fully saturated rings. The van der Waals surface area contributed by atoms with Gasteiger partial charge in [-0.3, -0.25) is 40.5 Å². The van der Waals surface area contributed by atoms with Gasteiger partial charge in [0.05, 0.1) is 75.6 Å². The Bertz CT molecular complexity index is 4140. The zero-order valence-corrected chi connectivity index (χ0v) is 54.9. The Morgan fingerprint density at radius 2 is 0.615 bits per heavy atom. The Morgan fingerprint density at radius 1 is 0.333 bits per heavy atom. The highest BCUT2D eigenvalue weighted by Crippen LogP contribution is 2.45. The maximum atomic E-state index is 14.9. The first-order chi connectivity index (χ1) is 46.0. The predicted octanol–water partition coefficient (Wildman–Crippen LogP) is 15.1. The van der Waals surface area contributed by atoms with E-state index in [2.05, 4.69) is 0 Å². The van der Waals surface area contributed by atoms with Gasteiger partial charge < -0.3 is 37.9 Å². The van der Waals surface area contributed by atoms with E-state index in [4.69, 9.17) is 37.9 Å². The van der Waals surface area contributed by atoms with Gasteiger partial charge in [0.1, 0.15) is 44.0 Å². The van der Waals surface area contributed by atoms with Gasteiger partial charge in [-0.05, 0) is 132 Å². The van der Waals surface area contributed by atoms with Crippen LogP contribution in [0.5, 0.6) is 46.0 Å². The summed E-state index contributed by atoms with van der Waals surface area (Å²) in [7, 11) is 0.0880. The Balaban J connectivity index is 0.000000271. The zero-order chi connectivity index (χ0) is 69.7. The summed E-state index contributed by atoms with van der Waals surface area (Å²) in [6, 6.07) is 42.2. The van der Waals surface area contributed by atoms with Crippen LogP contribution in [0.1, 0.15) is 79.4 Å². The molecule has 0 spiro atoms. The van der Waals surface area contributed by atoms with Gasteiger partial charge in [0.25, 0.3) is 22.7 Å². The van der Waals surface area contributed by atoms with E-state index >= 15 is 0 Å². The van der Waals surface area contributed by atoms with Crippen LogP contribution >= 0.6 is 0 Å². The van der Waals surface area contributed by atoms with Gasteiger partial charge >= 0.3 is 0 Å². The minimum Gasteiger partial charge on any atom is -0.497 e. The molecule has 0 aromatic heterocycles. The lowest BCUT2D eigenvalue weighted by atomic mass is 10.1. The van der Waals surface area contributed by atoms with Crippen molar-refractivity contribution in [3.63, 3.8) is 0 Å². The van der Waals surface area contributed by atoms with Crippen LogP contribution in [-0.2, 0) is 19.7 Å². The normalized spacial score (nSPS) is 12.8. The molecular weight excluding hydrogens is 1280 g/mol. The lowest BCUT2D eigenvalue weighted by Gasteiger charge is -2.24. The van der Waals surface area contributed by atoms with Crippen LogP contribution in [0, 0.1) is 40.5 Å². The fourth-order valence-corrected chi connectivity index (χ4v) is 13.9. The predicted molar refractivity (Wildman–Crippen MR) is 365 cm³/mol. The smallest absolute Gasteiger partial charge is 0.270 e. The fraction of sp³-hybridized carbons (Fsp3) is 0.200. The molecule has 4 atom stereocenters. The summed E-state index contributed by atoms with van der Waals surface area (Å²) in [4.78, 5) is 43.2. The molecule has 8 aromatic carbocycles. The van der Waals surface area contributed by atoms with Crippen LogP contribution in [0.4, 0.5) is 22.7 Å². The molecule has 0 radical (unpaired) electrons. The topological polar surface area (TPSA) is 315 Å². The summed E-state index contributed by atoms with van der Waals surface area (Å²) >= 11 is 0. The maximum absolute atomic E-state index is 14.9. The summed E-state index contributed by atoms with van der Waals surface area (Å²) in [6.45, 7) is 4.79. The molecule has 0 aliphatic carbocycles. The Kier molecular flexibility index (Phi) is 25.1. The first-order valence-electron chi connectivity index (χ1n) is 29.3. The van der Waals surface area contributed by atoms with Crippen molar-refractivity contribution in [1.82, 2.24) is 0 Å². The van der Waals surface area contributed by atoms with Gasteiger partial charge in [0, 0.05) is 59.7 Å². The van der Waals surface area contributed by atoms with Gasteiger partial charge in [-0.1, -0.05) is 85.0 Å². The Labute approximate surface area is 554 Å². The van der Waals surface area contributed by atoms with Crippen molar-refractivity contribution < 1.29 is 74.4 Å². The van der Waals surface area contributed by atoms with E-state index < -0.39 is 71.7 Å². The number of nitro benzene ring substituents is 4. The number of rotatable bonds is 30. The third-order valence-corrected chi connectivity index (χ3v) is 19.3. The molecular formula is C70H68N4O20S2. The Morgan fingerprint density at radius 3 is 0.917 bits per heavy atom. The molecule has 0 heterocycles. The number of nitro groups is 4. The van der Waals surface area contributed by atoms with Crippen LogP contribution in [0.15, 0.2) is 194 Å². The summed E-state index contributed by atoms with van der Waals surface area (Å²) < 4.78 is 103. The summed E-state index contributed by atoms with van der Waals surface area (Å²) in [5, 5.41) is 40.4. The van der Waals surface area contributed by atoms with Crippen LogP contribution in [-0.4, -0.2) is 92.4 Å². The lowest BCUT2D eigenvalue weighted by Crippen LogP contribution is -2.20. The molecule has 0 aliphatic rings. The highest BCUT2D eigenvalue weighted by Gasteiger charge is 2.39. The molecule has 0 amide bonds. The number of non-ortho nitro benzene ring substituents is 4. The van der Waals surface area contributed by atoms with Gasteiger partial charge in [-0.15, -0.1) is 0 Å². The van der Waals surface area contributed by atoms with E-state index in [1.54, 1.807) is 101 Å². The van der Waals surface area contributed by atoms with Crippen molar-refractivity contribution in [3.05, 3.63) is 279 Å². The second-order valence-electron chi connectivity index (χ2n) is 20.6. The molecule has 0 aliphatic heterocycles. The highest BCUT2D eigenvalue weighted by atomic mass is 32.2. The molecule has 500 valence electrons. The standard InChI is InChI=1S/C38H42O8S.C32H26N4O12S/c1-7-45-33-21-9-27(25-35(33)43-5)11-23-37(29-13-17-31(41-3)18-14-29)47(39,40)38(30-15-19-32(42-4)20-16-30)24-12-28-10-22-34(46-8-2)36(26-28)44-6;1-47-29-15-13-25(35(41)42)19-27(29)31(17-7-21-3-9-23(10-4-21)33(37)38)49(45,46)32(18-8-22-5-11-24(12-6-22)34(39)40)28-20-26(36(43)44)14-16-30(28)48-2/h9-26,37-38H,7-8H2,1-6H3;3-20,31-32H,1-2H3. The minimum absolute atomic E-state index is 0.0309. The molecule has 8 aromatic rings. The van der Waals surface area contributed by atoms with E-state index in [0.29, 0.717) is 70.0 Å². The van der Waals surface area contributed by atoms with Crippen molar-refractivity contribution in [2.75, 3.05) is 55.9 Å². The minimum atomic E-state index is -4.70. The molecule has 4 unspecified atom stereocenters. The van der Waals surface area contributed by atoms with Crippen molar-refractivity contribution >= 4 is 66.7 Å². The molecule has 0 bridgehead atoms. The number of methoxy groups -OCH3 is 6. The average molecular weight is 1350 g/mol. The Hall–Kier alpha value is -11.4. The number of ether oxygens (including phenoxy) is 8. The molecule has 0 saturated carbocycles. The van der Waals surface area contributed by atoms with Crippen LogP contribution in [0.3, 0.4) is 0 Å². The van der Waals surface area contributed by atoms with E-state index in [-0.39, 0.29) is 34.0 Å². The molecule has 96 heavy (non-hydrogen) atoms. The molecule has 0 saturated heterocycles. The van der Waals surface area contributed by atoms with Crippen LogP contribution < -0.4 is 37.9 Å². The number of hydrogen-bond acceptors (Lipinski definition) is 20. The summed E-state index contributed by atoms with van der Waals surface area (Å²) in [5.41, 5.74) is 1.78. The molecule has 24 nitrogen and oxygen atoms in total. The third-order valence-electron chi connectivity index (χ3n) is 14.8. The van der Waals surface area contributed by atoms with Crippen molar-refractivity contribution in [3.8, 4) is 46.0 Å². The molecule has 0 N–H and O–H groups in total.